The van der Waals surface area contributed by atoms with Crippen molar-refractivity contribution in [2.45, 2.75) is 19.3 Å². The van der Waals surface area contributed by atoms with Gasteiger partial charge in [-0.05, 0) is 37.9 Å². The van der Waals surface area contributed by atoms with Gasteiger partial charge in [0.2, 0.25) is 5.91 Å². The average molecular weight is 298 g/mol. The number of carbonyl (C=O) groups is 1. The molecular formula is C13H16ClN3O3. The molecule has 1 saturated heterocycles. The molecule has 0 aliphatic carbocycles. The predicted octanol–water partition coefficient (Wildman–Crippen LogP) is 2.58. The van der Waals surface area contributed by atoms with E-state index in [0.717, 1.165) is 25.9 Å². The fraction of sp³-hybridized carbons (Fsp3) is 0.462. The summed E-state index contributed by atoms with van der Waals surface area (Å²) >= 11 is 5.93. The number of anilines is 1. The highest BCUT2D eigenvalue weighted by atomic mass is 35.5. The fourth-order valence-corrected chi connectivity index (χ4v) is 2.50. The summed E-state index contributed by atoms with van der Waals surface area (Å²) in [6.45, 7) is 1.85. The quantitative estimate of drug-likeness (QED) is 0.661. The summed E-state index contributed by atoms with van der Waals surface area (Å²) in [6.07, 6.45) is 2.55. The van der Waals surface area contributed by atoms with Gasteiger partial charge in [0.1, 0.15) is 0 Å². The predicted molar refractivity (Wildman–Crippen MR) is 76.9 cm³/mol. The second-order valence-electron chi connectivity index (χ2n) is 4.89. The third-order valence-electron chi connectivity index (χ3n) is 3.31. The molecular weight excluding hydrogens is 282 g/mol. The highest BCUT2D eigenvalue weighted by Crippen LogP contribution is 2.27. The van der Waals surface area contributed by atoms with Crippen LogP contribution in [0.3, 0.4) is 0 Å². The van der Waals surface area contributed by atoms with Crippen molar-refractivity contribution >= 4 is 28.9 Å². The van der Waals surface area contributed by atoms with E-state index in [0.29, 0.717) is 18.0 Å². The van der Waals surface area contributed by atoms with E-state index in [2.05, 4.69) is 10.6 Å². The molecule has 0 bridgehead atoms. The van der Waals surface area contributed by atoms with Crippen LogP contribution in [0.1, 0.15) is 19.3 Å². The van der Waals surface area contributed by atoms with Gasteiger partial charge in [0.25, 0.3) is 5.69 Å². The maximum absolute atomic E-state index is 11.9. The molecule has 0 radical (unpaired) electrons. The Balaban J connectivity index is 1.95. The molecule has 2 N–H and O–H groups in total. The Morgan fingerprint density at radius 3 is 2.95 bits per heavy atom. The van der Waals surface area contributed by atoms with Gasteiger partial charge < -0.3 is 10.6 Å². The zero-order chi connectivity index (χ0) is 14.5. The van der Waals surface area contributed by atoms with E-state index in [9.17, 15) is 14.9 Å². The molecule has 1 fully saturated rings. The number of nitrogens with zero attached hydrogens (tertiary/aromatic N) is 1. The standard InChI is InChI=1S/C13H16ClN3O3/c14-11-7-10(17(19)20)3-4-12(11)16-13(18)6-9-2-1-5-15-8-9/h3-4,7,9,15H,1-2,5-6,8H2,(H,16,18). The van der Waals surface area contributed by atoms with E-state index < -0.39 is 4.92 Å². The summed E-state index contributed by atoms with van der Waals surface area (Å²) < 4.78 is 0. The van der Waals surface area contributed by atoms with Crippen LogP contribution in [0.2, 0.25) is 5.02 Å². The minimum Gasteiger partial charge on any atom is -0.325 e. The lowest BCUT2D eigenvalue weighted by Gasteiger charge is -2.22. The Bertz CT molecular complexity index is 516. The first-order valence-electron chi connectivity index (χ1n) is 6.51. The van der Waals surface area contributed by atoms with Gasteiger partial charge in [-0.3, -0.25) is 14.9 Å². The second kappa shape index (κ2) is 6.67. The largest absolute Gasteiger partial charge is 0.325 e. The number of benzene rings is 1. The molecule has 7 heteroatoms. The molecule has 1 aliphatic heterocycles. The summed E-state index contributed by atoms with van der Waals surface area (Å²) in [5.41, 5.74) is 0.315. The molecule has 6 nitrogen and oxygen atoms in total. The van der Waals surface area contributed by atoms with E-state index in [-0.39, 0.29) is 16.6 Å². The Morgan fingerprint density at radius 2 is 2.35 bits per heavy atom. The van der Waals surface area contributed by atoms with Crippen molar-refractivity contribution in [3.05, 3.63) is 33.3 Å². The fourth-order valence-electron chi connectivity index (χ4n) is 2.28. The number of nitrogens with one attached hydrogen (secondary N) is 2. The molecule has 0 saturated carbocycles. The number of hydrogen-bond donors (Lipinski definition) is 2. The summed E-state index contributed by atoms with van der Waals surface area (Å²) in [7, 11) is 0. The van der Waals surface area contributed by atoms with Crippen LogP contribution < -0.4 is 10.6 Å². The minimum atomic E-state index is -0.523. The van der Waals surface area contributed by atoms with Crippen molar-refractivity contribution in [1.82, 2.24) is 5.32 Å². The van der Waals surface area contributed by atoms with Crippen LogP contribution in [0, 0.1) is 16.0 Å². The van der Waals surface area contributed by atoms with Crippen LogP contribution in [0.5, 0.6) is 0 Å². The smallest absolute Gasteiger partial charge is 0.271 e. The average Bonchev–Trinajstić information content (AvgIpc) is 2.42. The summed E-state index contributed by atoms with van der Waals surface area (Å²) in [6, 6.07) is 4.01. The molecule has 0 spiro atoms. The lowest BCUT2D eigenvalue weighted by atomic mass is 9.96. The maximum Gasteiger partial charge on any atom is 0.271 e. The van der Waals surface area contributed by atoms with E-state index >= 15 is 0 Å². The van der Waals surface area contributed by atoms with Crippen LogP contribution in [-0.4, -0.2) is 23.9 Å². The molecule has 1 aliphatic rings. The molecule has 1 aromatic rings. The van der Waals surface area contributed by atoms with Crippen molar-refractivity contribution in [3.8, 4) is 0 Å². The van der Waals surface area contributed by atoms with Gasteiger partial charge in [-0.15, -0.1) is 0 Å². The van der Waals surface area contributed by atoms with Crippen LogP contribution in [-0.2, 0) is 4.79 Å². The Labute approximate surface area is 121 Å². The second-order valence-corrected chi connectivity index (χ2v) is 5.29. The highest BCUT2D eigenvalue weighted by Gasteiger charge is 2.18. The molecule has 1 atom stereocenters. The third-order valence-corrected chi connectivity index (χ3v) is 3.62. The first-order chi connectivity index (χ1) is 9.56. The maximum atomic E-state index is 11.9. The molecule has 108 valence electrons. The Kier molecular flexibility index (Phi) is 4.92. The number of non-ortho nitro benzene ring substituents is 1. The van der Waals surface area contributed by atoms with Crippen molar-refractivity contribution in [2.24, 2.45) is 5.92 Å². The number of rotatable bonds is 4. The molecule has 2 rings (SSSR count). The third kappa shape index (κ3) is 3.91. The van der Waals surface area contributed by atoms with Crippen molar-refractivity contribution in [3.63, 3.8) is 0 Å². The summed E-state index contributed by atoms with van der Waals surface area (Å²) in [5, 5.41) is 16.7. The van der Waals surface area contributed by atoms with Gasteiger partial charge in [-0.25, -0.2) is 0 Å². The van der Waals surface area contributed by atoms with Crippen LogP contribution in [0.25, 0.3) is 0 Å². The molecule has 20 heavy (non-hydrogen) atoms. The van der Waals surface area contributed by atoms with Gasteiger partial charge in [-0.2, -0.15) is 0 Å². The lowest BCUT2D eigenvalue weighted by molar-refractivity contribution is -0.384. The molecule has 1 heterocycles. The van der Waals surface area contributed by atoms with Crippen LogP contribution in [0.15, 0.2) is 18.2 Å². The Hall–Kier alpha value is -1.66. The number of amides is 1. The normalized spacial score (nSPS) is 18.6. The monoisotopic (exact) mass is 297 g/mol. The van der Waals surface area contributed by atoms with E-state index in [1.807, 2.05) is 0 Å². The van der Waals surface area contributed by atoms with Gasteiger partial charge in [-0.1, -0.05) is 11.6 Å². The Morgan fingerprint density at radius 1 is 1.55 bits per heavy atom. The van der Waals surface area contributed by atoms with Crippen molar-refractivity contribution < 1.29 is 9.72 Å². The lowest BCUT2D eigenvalue weighted by Crippen LogP contribution is -2.32. The van der Waals surface area contributed by atoms with Gasteiger partial charge in [0, 0.05) is 18.6 Å². The summed E-state index contributed by atoms with van der Waals surface area (Å²) in [4.78, 5) is 22.0. The van der Waals surface area contributed by atoms with Crippen molar-refractivity contribution in [1.29, 1.82) is 0 Å². The molecule has 1 amide bonds. The number of piperidine rings is 1. The minimum absolute atomic E-state index is 0.0931. The first kappa shape index (κ1) is 14.7. The number of nitro benzene ring substituents is 1. The van der Waals surface area contributed by atoms with Gasteiger partial charge >= 0.3 is 0 Å². The zero-order valence-corrected chi connectivity index (χ0v) is 11.7. The SMILES string of the molecule is O=C(CC1CCCNC1)Nc1ccc([N+](=O)[O-])cc1Cl. The summed E-state index contributed by atoms with van der Waals surface area (Å²) in [5.74, 6) is 0.218. The number of halogens is 1. The zero-order valence-electron chi connectivity index (χ0n) is 10.9. The topological polar surface area (TPSA) is 84.3 Å². The van der Waals surface area contributed by atoms with E-state index in [1.165, 1.54) is 18.2 Å². The first-order valence-corrected chi connectivity index (χ1v) is 6.88. The number of carbonyl (C=O) groups excluding carboxylic acids is 1. The van der Waals surface area contributed by atoms with Gasteiger partial charge in [0.05, 0.1) is 15.6 Å². The van der Waals surface area contributed by atoms with Crippen molar-refractivity contribution in [2.75, 3.05) is 18.4 Å². The van der Waals surface area contributed by atoms with Gasteiger partial charge in [0.15, 0.2) is 0 Å². The molecule has 0 aromatic heterocycles. The highest BCUT2D eigenvalue weighted by molar-refractivity contribution is 6.33. The molecule has 1 aromatic carbocycles. The number of nitro groups is 1. The van der Waals surface area contributed by atoms with Crippen LogP contribution >= 0.6 is 11.6 Å². The van der Waals surface area contributed by atoms with E-state index in [4.69, 9.17) is 11.6 Å². The van der Waals surface area contributed by atoms with Crippen LogP contribution in [0.4, 0.5) is 11.4 Å². The molecule has 1 unspecified atom stereocenters. The number of hydrogen-bond acceptors (Lipinski definition) is 4. The van der Waals surface area contributed by atoms with E-state index in [1.54, 1.807) is 0 Å².